The molecule has 2 fully saturated rings. The average Bonchev–Trinajstić information content (AvgIpc) is 3.24. The number of carbonyl (C=O) groups excluding carboxylic acids is 3. The zero-order chi connectivity index (χ0) is 19.9. The van der Waals surface area contributed by atoms with Crippen LogP contribution in [0, 0.1) is 5.41 Å². The van der Waals surface area contributed by atoms with E-state index in [-0.39, 0.29) is 29.1 Å². The Kier molecular flexibility index (Phi) is 4.73. The van der Waals surface area contributed by atoms with Crippen molar-refractivity contribution in [2.45, 2.75) is 45.6 Å². The lowest BCUT2D eigenvalue weighted by Gasteiger charge is -2.39. The fourth-order valence-corrected chi connectivity index (χ4v) is 4.75. The SMILES string of the molecule is CC[C@@H](C(=O)N1CCC2(CC1)CNC(=O)C2)n1cc(C(C)=O)c2ccccc21. The Hall–Kier alpha value is -2.63. The molecule has 0 unspecified atom stereocenters. The van der Waals surface area contributed by atoms with E-state index in [0.29, 0.717) is 31.5 Å². The number of piperidine rings is 1. The summed E-state index contributed by atoms with van der Waals surface area (Å²) in [5.41, 5.74) is 1.61. The number of para-hydroxylation sites is 1. The number of benzene rings is 1. The number of amides is 2. The predicted octanol–water partition coefficient (Wildman–Crippen LogP) is 2.92. The van der Waals surface area contributed by atoms with Crippen molar-refractivity contribution in [3.63, 3.8) is 0 Å². The molecule has 6 nitrogen and oxygen atoms in total. The first-order valence-electron chi connectivity index (χ1n) is 10.1. The molecule has 1 atom stereocenters. The first-order valence-corrected chi connectivity index (χ1v) is 10.1. The lowest BCUT2D eigenvalue weighted by Crippen LogP contribution is -2.46. The second-order valence-corrected chi connectivity index (χ2v) is 8.23. The number of ketones is 1. The van der Waals surface area contributed by atoms with Crippen LogP contribution in [0.4, 0.5) is 0 Å². The Morgan fingerprint density at radius 3 is 2.54 bits per heavy atom. The molecule has 4 rings (SSSR count). The zero-order valence-electron chi connectivity index (χ0n) is 16.5. The standard InChI is InChI=1S/C22H27N3O3/c1-3-18(25-13-17(15(2)26)16-6-4-5-7-19(16)25)21(28)24-10-8-22(9-11-24)12-20(27)23-14-22/h4-7,13,18H,3,8-12,14H2,1-2H3,(H,23,27)/t18-/m0/s1. The van der Waals surface area contributed by atoms with E-state index >= 15 is 0 Å². The highest BCUT2D eigenvalue weighted by Gasteiger charge is 2.42. The third kappa shape index (κ3) is 3.11. The van der Waals surface area contributed by atoms with Gasteiger partial charge in [-0.25, -0.2) is 0 Å². The maximum Gasteiger partial charge on any atom is 0.245 e. The van der Waals surface area contributed by atoms with E-state index in [4.69, 9.17) is 0 Å². The number of hydrogen-bond acceptors (Lipinski definition) is 3. The molecular formula is C22H27N3O3. The Morgan fingerprint density at radius 1 is 1.21 bits per heavy atom. The number of rotatable bonds is 4. The Morgan fingerprint density at radius 2 is 1.93 bits per heavy atom. The second-order valence-electron chi connectivity index (χ2n) is 8.23. The van der Waals surface area contributed by atoms with E-state index in [2.05, 4.69) is 5.32 Å². The van der Waals surface area contributed by atoms with Gasteiger partial charge in [0, 0.05) is 48.7 Å². The van der Waals surface area contributed by atoms with Gasteiger partial charge in [0.15, 0.2) is 5.78 Å². The first kappa shape index (κ1) is 18.7. The monoisotopic (exact) mass is 381 g/mol. The average molecular weight is 381 g/mol. The molecule has 0 bridgehead atoms. The first-order chi connectivity index (χ1) is 13.4. The van der Waals surface area contributed by atoms with Crippen LogP contribution in [-0.4, -0.2) is 46.7 Å². The third-order valence-corrected chi connectivity index (χ3v) is 6.46. The van der Waals surface area contributed by atoms with E-state index in [0.717, 1.165) is 30.3 Å². The van der Waals surface area contributed by atoms with E-state index in [1.807, 2.05) is 46.9 Å². The van der Waals surface area contributed by atoms with E-state index in [1.165, 1.54) is 0 Å². The maximum atomic E-state index is 13.4. The van der Waals surface area contributed by atoms with Crippen molar-refractivity contribution in [3.8, 4) is 0 Å². The molecule has 1 N–H and O–H groups in total. The highest BCUT2D eigenvalue weighted by molar-refractivity contribution is 6.07. The molecule has 0 aliphatic carbocycles. The second kappa shape index (κ2) is 7.08. The zero-order valence-corrected chi connectivity index (χ0v) is 16.5. The van der Waals surface area contributed by atoms with Crippen LogP contribution in [0.25, 0.3) is 10.9 Å². The quantitative estimate of drug-likeness (QED) is 0.828. The van der Waals surface area contributed by atoms with Gasteiger partial charge in [0.25, 0.3) is 0 Å². The fourth-order valence-electron chi connectivity index (χ4n) is 4.75. The van der Waals surface area contributed by atoms with Crippen molar-refractivity contribution < 1.29 is 14.4 Å². The van der Waals surface area contributed by atoms with Crippen molar-refractivity contribution in [3.05, 3.63) is 36.0 Å². The van der Waals surface area contributed by atoms with Crippen LogP contribution < -0.4 is 5.32 Å². The minimum atomic E-state index is -0.324. The molecule has 1 aromatic carbocycles. The molecule has 2 aliphatic rings. The molecule has 0 saturated carbocycles. The third-order valence-electron chi connectivity index (χ3n) is 6.46. The molecule has 2 saturated heterocycles. The van der Waals surface area contributed by atoms with Crippen LogP contribution >= 0.6 is 0 Å². The number of likely N-dealkylation sites (tertiary alicyclic amines) is 1. The van der Waals surface area contributed by atoms with Gasteiger partial charge in [-0.3, -0.25) is 14.4 Å². The van der Waals surface area contributed by atoms with Crippen molar-refractivity contribution in [1.29, 1.82) is 0 Å². The molecule has 6 heteroatoms. The molecule has 2 aliphatic heterocycles. The predicted molar refractivity (Wildman–Crippen MR) is 107 cm³/mol. The van der Waals surface area contributed by atoms with Crippen LogP contribution in [0.5, 0.6) is 0 Å². The van der Waals surface area contributed by atoms with Crippen LogP contribution in [0.1, 0.15) is 55.9 Å². The summed E-state index contributed by atoms with van der Waals surface area (Å²) in [6.07, 6.45) is 4.80. The lowest BCUT2D eigenvalue weighted by molar-refractivity contribution is -0.137. The van der Waals surface area contributed by atoms with Crippen molar-refractivity contribution in [1.82, 2.24) is 14.8 Å². The summed E-state index contributed by atoms with van der Waals surface area (Å²) in [6, 6.07) is 7.44. The molecule has 28 heavy (non-hydrogen) atoms. The largest absolute Gasteiger partial charge is 0.356 e. The normalized spacial score (nSPS) is 19.8. The molecule has 2 aromatic rings. The number of hydrogen-bond donors (Lipinski definition) is 1. The van der Waals surface area contributed by atoms with Crippen LogP contribution in [0.3, 0.4) is 0 Å². The van der Waals surface area contributed by atoms with Crippen molar-refractivity contribution in [2.75, 3.05) is 19.6 Å². The molecule has 0 radical (unpaired) electrons. The Labute approximate surface area is 164 Å². The van der Waals surface area contributed by atoms with Gasteiger partial charge < -0.3 is 14.8 Å². The molecule has 148 valence electrons. The van der Waals surface area contributed by atoms with Crippen molar-refractivity contribution >= 4 is 28.5 Å². The van der Waals surface area contributed by atoms with E-state index in [9.17, 15) is 14.4 Å². The minimum Gasteiger partial charge on any atom is -0.356 e. The summed E-state index contributed by atoms with van der Waals surface area (Å²) in [5, 5.41) is 3.84. The molecule has 3 heterocycles. The van der Waals surface area contributed by atoms with Gasteiger partial charge >= 0.3 is 0 Å². The number of nitrogens with one attached hydrogen (secondary N) is 1. The number of carbonyl (C=O) groups is 3. The Balaban J connectivity index is 1.58. The van der Waals surface area contributed by atoms with Crippen LogP contribution in [0.15, 0.2) is 30.5 Å². The number of aromatic nitrogens is 1. The number of fused-ring (bicyclic) bond motifs is 1. The summed E-state index contributed by atoms with van der Waals surface area (Å²) >= 11 is 0. The van der Waals surface area contributed by atoms with Gasteiger partial charge in [-0.05, 0) is 37.7 Å². The van der Waals surface area contributed by atoms with E-state index in [1.54, 1.807) is 6.92 Å². The van der Waals surface area contributed by atoms with E-state index < -0.39 is 0 Å². The minimum absolute atomic E-state index is 0.00978. The summed E-state index contributed by atoms with van der Waals surface area (Å²) in [5.74, 6) is 0.239. The Bertz CT molecular complexity index is 938. The molecule has 2 amide bonds. The topological polar surface area (TPSA) is 71.4 Å². The summed E-state index contributed by atoms with van der Waals surface area (Å²) in [7, 11) is 0. The molecular weight excluding hydrogens is 354 g/mol. The summed E-state index contributed by atoms with van der Waals surface area (Å²) in [4.78, 5) is 39.0. The maximum absolute atomic E-state index is 13.4. The van der Waals surface area contributed by atoms with Gasteiger partial charge in [0.2, 0.25) is 11.8 Å². The lowest BCUT2D eigenvalue weighted by atomic mass is 9.77. The van der Waals surface area contributed by atoms with Gasteiger partial charge in [-0.15, -0.1) is 0 Å². The highest BCUT2D eigenvalue weighted by Crippen LogP contribution is 2.38. The van der Waals surface area contributed by atoms with Crippen LogP contribution in [0.2, 0.25) is 0 Å². The summed E-state index contributed by atoms with van der Waals surface area (Å²) < 4.78 is 1.97. The van der Waals surface area contributed by atoms with Gasteiger partial charge in [-0.1, -0.05) is 25.1 Å². The number of Topliss-reactive ketones (excluding diaryl/α,β-unsaturated/α-hetero) is 1. The molecule has 1 spiro atoms. The van der Waals surface area contributed by atoms with Gasteiger partial charge in [0.1, 0.15) is 6.04 Å². The molecule has 1 aromatic heterocycles. The smallest absolute Gasteiger partial charge is 0.245 e. The summed E-state index contributed by atoms with van der Waals surface area (Å²) in [6.45, 7) is 5.67. The van der Waals surface area contributed by atoms with Crippen molar-refractivity contribution in [2.24, 2.45) is 5.41 Å². The fraction of sp³-hybridized carbons (Fsp3) is 0.500. The van der Waals surface area contributed by atoms with Gasteiger partial charge in [0.05, 0.1) is 0 Å². The number of nitrogens with zero attached hydrogens (tertiary/aromatic N) is 2. The highest BCUT2D eigenvalue weighted by atomic mass is 16.2. The van der Waals surface area contributed by atoms with Gasteiger partial charge in [-0.2, -0.15) is 0 Å². The van der Waals surface area contributed by atoms with Crippen LogP contribution in [-0.2, 0) is 9.59 Å².